The van der Waals surface area contributed by atoms with Crippen molar-refractivity contribution >= 4 is 29.0 Å². The molecule has 32 heavy (non-hydrogen) atoms. The number of β-amino-alcohol motifs (C(OH)–C–C–N with tert-alkyl or cyclic N) is 1. The lowest BCUT2D eigenvalue weighted by molar-refractivity contribution is -0.138. The van der Waals surface area contributed by atoms with Crippen LogP contribution >= 0.6 is 0 Å². The largest absolute Gasteiger partial charge is 0.395 e. The van der Waals surface area contributed by atoms with Crippen LogP contribution in [0, 0.1) is 0 Å². The van der Waals surface area contributed by atoms with E-state index in [-0.39, 0.29) is 24.3 Å². The number of aliphatic hydroxyl groups is 1. The molecule has 0 aliphatic carbocycles. The molecule has 1 aromatic rings. The van der Waals surface area contributed by atoms with E-state index < -0.39 is 0 Å². The Morgan fingerprint density at radius 2 is 1.75 bits per heavy atom. The average molecular weight is 445 g/mol. The number of hydrogen-bond donors (Lipinski definition) is 2. The van der Waals surface area contributed by atoms with Gasteiger partial charge >= 0.3 is 0 Å². The smallest absolute Gasteiger partial charge is 0.277 e. The van der Waals surface area contributed by atoms with Gasteiger partial charge in [-0.2, -0.15) is 0 Å². The fraction of sp³-hybridized carbons (Fsp3) is 0.522. The maximum Gasteiger partial charge on any atom is 0.277 e. The van der Waals surface area contributed by atoms with Gasteiger partial charge in [0.15, 0.2) is 0 Å². The summed E-state index contributed by atoms with van der Waals surface area (Å²) in [5, 5.41) is 11.9. The second kappa shape index (κ2) is 11.2. The lowest BCUT2D eigenvalue weighted by Crippen LogP contribution is -2.48. The standard InChI is InChI=1S/C23H32N4O5/c1-3-32-16-4-9-27-22(30)20(18-5-7-19(8-6-18)24-17(2)29)21(23(27)31)26-12-10-25(11-13-26)14-15-28/h5-8,28H,3-4,9-16H2,1-2H3,(H,24,29). The van der Waals surface area contributed by atoms with Crippen LogP contribution in [0.25, 0.3) is 5.57 Å². The van der Waals surface area contributed by atoms with Gasteiger partial charge in [-0.25, -0.2) is 0 Å². The summed E-state index contributed by atoms with van der Waals surface area (Å²) in [5.41, 5.74) is 2.11. The van der Waals surface area contributed by atoms with Crippen LogP contribution in [0.1, 0.15) is 25.8 Å². The molecular formula is C23H32N4O5. The normalized spacial score (nSPS) is 17.5. The molecule has 1 aromatic carbocycles. The maximum atomic E-state index is 13.3. The van der Waals surface area contributed by atoms with E-state index in [9.17, 15) is 19.5 Å². The van der Waals surface area contributed by atoms with Crippen LogP contribution in [0.4, 0.5) is 5.69 Å². The monoisotopic (exact) mass is 444 g/mol. The fourth-order valence-corrected chi connectivity index (χ4v) is 4.05. The molecule has 0 spiro atoms. The second-order valence-corrected chi connectivity index (χ2v) is 7.85. The SMILES string of the molecule is CCOCCCN1C(=O)C(c2ccc(NC(C)=O)cc2)=C(N2CCN(CCO)CC2)C1=O. The summed E-state index contributed by atoms with van der Waals surface area (Å²) in [5.74, 6) is -0.749. The van der Waals surface area contributed by atoms with Crippen molar-refractivity contribution in [2.24, 2.45) is 0 Å². The number of benzene rings is 1. The highest BCUT2D eigenvalue weighted by Crippen LogP contribution is 2.33. The number of imide groups is 1. The molecule has 3 rings (SSSR count). The van der Waals surface area contributed by atoms with E-state index in [1.165, 1.54) is 11.8 Å². The Morgan fingerprint density at radius 3 is 2.34 bits per heavy atom. The molecule has 1 fully saturated rings. The molecule has 0 radical (unpaired) electrons. The molecule has 1 saturated heterocycles. The van der Waals surface area contributed by atoms with Gasteiger partial charge in [-0.05, 0) is 31.0 Å². The minimum Gasteiger partial charge on any atom is -0.395 e. The lowest BCUT2D eigenvalue weighted by Gasteiger charge is -2.36. The molecule has 9 heteroatoms. The van der Waals surface area contributed by atoms with E-state index in [0.29, 0.717) is 81.4 Å². The van der Waals surface area contributed by atoms with Gasteiger partial charge in [0.2, 0.25) is 5.91 Å². The summed E-state index contributed by atoms with van der Waals surface area (Å²) < 4.78 is 5.36. The first-order chi connectivity index (χ1) is 15.5. The van der Waals surface area contributed by atoms with Gasteiger partial charge in [-0.3, -0.25) is 24.2 Å². The average Bonchev–Trinajstić information content (AvgIpc) is 3.02. The number of carbonyl (C=O) groups excluding carboxylic acids is 3. The number of carbonyl (C=O) groups is 3. The molecular weight excluding hydrogens is 412 g/mol. The van der Waals surface area contributed by atoms with E-state index in [1.807, 2.05) is 11.8 Å². The van der Waals surface area contributed by atoms with Gasteiger partial charge in [0.05, 0.1) is 12.2 Å². The van der Waals surface area contributed by atoms with Gasteiger partial charge < -0.3 is 20.1 Å². The van der Waals surface area contributed by atoms with E-state index >= 15 is 0 Å². The highest BCUT2D eigenvalue weighted by molar-refractivity contribution is 6.35. The Hall–Kier alpha value is -2.75. The summed E-state index contributed by atoms with van der Waals surface area (Å²) in [7, 11) is 0. The third-order valence-corrected chi connectivity index (χ3v) is 5.62. The van der Waals surface area contributed by atoms with Crippen molar-refractivity contribution in [3.63, 3.8) is 0 Å². The van der Waals surface area contributed by atoms with Crippen LogP contribution in [0.3, 0.4) is 0 Å². The molecule has 174 valence electrons. The fourth-order valence-electron chi connectivity index (χ4n) is 4.05. The predicted molar refractivity (Wildman–Crippen MR) is 121 cm³/mol. The number of rotatable bonds is 10. The molecule has 2 heterocycles. The Morgan fingerprint density at radius 1 is 1.06 bits per heavy atom. The second-order valence-electron chi connectivity index (χ2n) is 7.85. The zero-order valence-corrected chi connectivity index (χ0v) is 18.8. The number of nitrogens with one attached hydrogen (secondary N) is 1. The van der Waals surface area contributed by atoms with E-state index in [1.54, 1.807) is 24.3 Å². The van der Waals surface area contributed by atoms with Crippen LogP contribution in [0.5, 0.6) is 0 Å². The first-order valence-electron chi connectivity index (χ1n) is 11.1. The molecule has 2 aliphatic heterocycles. The number of hydrogen-bond acceptors (Lipinski definition) is 7. The molecule has 2 aliphatic rings. The van der Waals surface area contributed by atoms with Crippen LogP contribution in [-0.4, -0.2) is 96.6 Å². The third kappa shape index (κ3) is 5.53. The van der Waals surface area contributed by atoms with Gasteiger partial charge in [0.25, 0.3) is 11.8 Å². The molecule has 9 nitrogen and oxygen atoms in total. The van der Waals surface area contributed by atoms with E-state index in [0.717, 1.165) is 0 Å². The number of ether oxygens (including phenoxy) is 1. The van der Waals surface area contributed by atoms with Crippen molar-refractivity contribution < 1.29 is 24.2 Å². The van der Waals surface area contributed by atoms with Gasteiger partial charge in [0, 0.05) is 65.1 Å². The number of amides is 3. The molecule has 0 aromatic heterocycles. The maximum absolute atomic E-state index is 13.3. The Kier molecular flexibility index (Phi) is 8.38. The van der Waals surface area contributed by atoms with E-state index in [4.69, 9.17) is 4.74 Å². The minimum absolute atomic E-state index is 0.0968. The lowest BCUT2D eigenvalue weighted by atomic mass is 10.0. The Balaban J connectivity index is 1.87. The van der Waals surface area contributed by atoms with Crippen molar-refractivity contribution in [1.29, 1.82) is 0 Å². The van der Waals surface area contributed by atoms with Gasteiger partial charge in [0.1, 0.15) is 5.70 Å². The third-order valence-electron chi connectivity index (χ3n) is 5.62. The van der Waals surface area contributed by atoms with Crippen molar-refractivity contribution in [3.8, 4) is 0 Å². The van der Waals surface area contributed by atoms with E-state index in [2.05, 4.69) is 10.2 Å². The molecule has 0 bridgehead atoms. The van der Waals surface area contributed by atoms with Crippen LogP contribution < -0.4 is 5.32 Å². The van der Waals surface area contributed by atoms with Crippen molar-refractivity contribution in [3.05, 3.63) is 35.5 Å². The minimum atomic E-state index is -0.299. The zero-order valence-electron chi connectivity index (χ0n) is 18.8. The summed E-state index contributed by atoms with van der Waals surface area (Å²) in [6.45, 7) is 8.06. The topological polar surface area (TPSA) is 102 Å². The quantitative estimate of drug-likeness (QED) is 0.406. The Labute approximate surface area is 188 Å². The van der Waals surface area contributed by atoms with Crippen molar-refractivity contribution in [1.82, 2.24) is 14.7 Å². The van der Waals surface area contributed by atoms with Crippen molar-refractivity contribution in [2.75, 3.05) is 64.4 Å². The molecule has 2 N–H and O–H groups in total. The first-order valence-corrected chi connectivity index (χ1v) is 11.1. The van der Waals surface area contributed by atoms with Gasteiger partial charge in [-0.1, -0.05) is 12.1 Å². The van der Waals surface area contributed by atoms with Crippen molar-refractivity contribution in [2.45, 2.75) is 20.3 Å². The number of aliphatic hydroxyl groups excluding tert-OH is 1. The highest BCUT2D eigenvalue weighted by atomic mass is 16.5. The van der Waals surface area contributed by atoms with Crippen LogP contribution in [-0.2, 0) is 19.1 Å². The molecule has 3 amide bonds. The van der Waals surface area contributed by atoms with Gasteiger partial charge in [-0.15, -0.1) is 0 Å². The Bertz CT molecular complexity index is 860. The van der Waals surface area contributed by atoms with Crippen LogP contribution in [0.15, 0.2) is 30.0 Å². The summed E-state index contributed by atoms with van der Waals surface area (Å²) in [6.07, 6.45) is 0.581. The van der Waals surface area contributed by atoms with Crippen LogP contribution in [0.2, 0.25) is 0 Å². The summed E-state index contributed by atoms with van der Waals surface area (Å²) >= 11 is 0. The highest BCUT2D eigenvalue weighted by Gasteiger charge is 2.41. The predicted octanol–water partition coefficient (Wildman–Crippen LogP) is 0.761. The number of anilines is 1. The molecule has 0 atom stereocenters. The molecule has 0 saturated carbocycles. The number of piperazine rings is 1. The summed E-state index contributed by atoms with van der Waals surface area (Å²) in [4.78, 5) is 43.4. The summed E-state index contributed by atoms with van der Waals surface area (Å²) in [6, 6.07) is 6.99. The zero-order chi connectivity index (χ0) is 23.1. The first kappa shape index (κ1) is 23.9. The number of nitrogens with zero attached hydrogens (tertiary/aromatic N) is 3. The molecule has 0 unspecified atom stereocenters.